The molecule has 0 unspecified atom stereocenters. The fraction of sp³-hybridized carbons (Fsp3) is 0.857. The van der Waals surface area contributed by atoms with Crippen LogP contribution in [-0.2, 0) is 26.3 Å². The first-order valence-corrected chi connectivity index (χ1v) is 16.3. The van der Waals surface area contributed by atoms with Crippen molar-refractivity contribution in [2.45, 2.75) is 41.5 Å². The third kappa shape index (κ3) is 6.68. The SMILES string of the molecule is C=C[Si](OP(=O)(CC)CC)(OP(=O)(CC)CC)OP(=O)(CC)CC. The molecular formula is C14H33O6P3Si. The largest absolute Gasteiger partial charge is 0.545 e. The standard InChI is InChI=1S/C14H33O6P3Si/c1-8-21(15,9-2)18-24(14-7,19-22(16,10-3)11-4)20-23(17,12-5)13-6/h14H,7-13H2,1-6H3. The molecule has 24 heavy (non-hydrogen) atoms. The van der Waals surface area contributed by atoms with Gasteiger partial charge in [0.05, 0.1) is 0 Å². The summed E-state index contributed by atoms with van der Waals surface area (Å²) in [6.45, 7) is 14.2. The molecule has 0 bridgehead atoms. The highest BCUT2D eigenvalue weighted by Gasteiger charge is 2.51. The summed E-state index contributed by atoms with van der Waals surface area (Å²) in [5.74, 6) is 0. The Labute approximate surface area is 148 Å². The number of hydrogen-bond donors (Lipinski definition) is 0. The molecule has 0 N–H and O–H groups in total. The minimum Gasteiger partial charge on any atom is -0.317 e. The van der Waals surface area contributed by atoms with Crippen molar-refractivity contribution in [3.05, 3.63) is 12.3 Å². The fourth-order valence-electron chi connectivity index (χ4n) is 1.92. The number of hydrogen-bond acceptors (Lipinski definition) is 6. The van der Waals surface area contributed by atoms with Crippen LogP contribution in [0.5, 0.6) is 0 Å². The van der Waals surface area contributed by atoms with Crippen molar-refractivity contribution >= 4 is 30.9 Å². The van der Waals surface area contributed by atoms with Crippen LogP contribution in [0.25, 0.3) is 0 Å². The molecule has 0 aromatic heterocycles. The average molecular weight is 418 g/mol. The molecule has 6 nitrogen and oxygen atoms in total. The Bertz CT molecular complexity index is 457. The lowest BCUT2D eigenvalue weighted by Crippen LogP contribution is -2.42. The first-order chi connectivity index (χ1) is 11.0. The molecule has 0 saturated carbocycles. The number of rotatable bonds is 13. The Balaban J connectivity index is 6.03. The Morgan fingerprint density at radius 2 is 0.875 bits per heavy atom. The zero-order chi connectivity index (χ0) is 19.1. The molecule has 0 spiro atoms. The van der Waals surface area contributed by atoms with Crippen LogP contribution in [0, 0.1) is 0 Å². The molecule has 0 aliphatic rings. The smallest absolute Gasteiger partial charge is 0.317 e. The molecule has 0 heterocycles. The quantitative estimate of drug-likeness (QED) is 0.284. The van der Waals surface area contributed by atoms with Gasteiger partial charge in [0, 0.05) is 37.0 Å². The molecule has 0 amide bonds. The second-order valence-corrected chi connectivity index (χ2v) is 17.9. The maximum Gasteiger partial charge on any atom is 0.545 e. The molecular weight excluding hydrogens is 385 g/mol. The van der Waals surface area contributed by atoms with Crippen molar-refractivity contribution in [3.63, 3.8) is 0 Å². The monoisotopic (exact) mass is 418 g/mol. The van der Waals surface area contributed by atoms with E-state index >= 15 is 0 Å². The maximum atomic E-state index is 12.9. The Kier molecular flexibility index (Phi) is 10.2. The third-order valence-corrected chi connectivity index (χ3v) is 17.3. The highest BCUT2D eigenvalue weighted by atomic mass is 31.2. The van der Waals surface area contributed by atoms with Crippen molar-refractivity contribution in [1.29, 1.82) is 0 Å². The van der Waals surface area contributed by atoms with E-state index < -0.39 is 30.9 Å². The summed E-state index contributed by atoms with van der Waals surface area (Å²) in [6, 6.07) is 0. The van der Waals surface area contributed by atoms with Crippen molar-refractivity contribution in [2.75, 3.05) is 37.0 Å². The van der Waals surface area contributed by atoms with Gasteiger partial charge < -0.3 is 12.6 Å². The van der Waals surface area contributed by atoms with Crippen molar-refractivity contribution in [3.8, 4) is 0 Å². The van der Waals surface area contributed by atoms with Gasteiger partial charge in [0.1, 0.15) is 0 Å². The molecule has 144 valence electrons. The summed E-state index contributed by atoms with van der Waals surface area (Å²) in [6.07, 6.45) is 1.77. The van der Waals surface area contributed by atoms with Crippen molar-refractivity contribution in [2.24, 2.45) is 0 Å². The summed E-state index contributed by atoms with van der Waals surface area (Å²) < 4.78 is 56.2. The second-order valence-electron chi connectivity index (χ2n) is 5.42. The molecule has 0 aromatic rings. The van der Waals surface area contributed by atoms with Crippen molar-refractivity contribution in [1.82, 2.24) is 0 Å². The van der Waals surface area contributed by atoms with Crippen LogP contribution in [0.1, 0.15) is 41.5 Å². The lowest BCUT2D eigenvalue weighted by Gasteiger charge is -2.35. The Morgan fingerprint density at radius 3 is 1.00 bits per heavy atom. The van der Waals surface area contributed by atoms with Crippen LogP contribution < -0.4 is 0 Å². The highest BCUT2D eigenvalue weighted by molar-refractivity contribution is 7.64. The van der Waals surface area contributed by atoms with Crippen LogP contribution >= 0.6 is 22.1 Å². The maximum absolute atomic E-state index is 12.9. The Morgan fingerprint density at radius 1 is 0.667 bits per heavy atom. The topological polar surface area (TPSA) is 78.9 Å². The summed E-state index contributed by atoms with van der Waals surface area (Å²) in [5.41, 5.74) is 1.32. The summed E-state index contributed by atoms with van der Waals surface area (Å²) in [5, 5.41) is 0. The predicted molar refractivity (Wildman–Crippen MR) is 105 cm³/mol. The Hall–Kier alpha value is 0.527. The molecule has 0 aliphatic carbocycles. The van der Waals surface area contributed by atoms with E-state index in [0.717, 1.165) is 0 Å². The van der Waals surface area contributed by atoms with Gasteiger partial charge in [0.25, 0.3) is 0 Å². The second kappa shape index (κ2) is 10.0. The van der Waals surface area contributed by atoms with E-state index in [-0.39, 0.29) is 0 Å². The van der Waals surface area contributed by atoms with Crippen LogP contribution in [0.4, 0.5) is 0 Å². The predicted octanol–water partition coefficient (Wildman–Crippen LogP) is 5.65. The fourth-order valence-corrected chi connectivity index (χ4v) is 14.1. The molecule has 10 heteroatoms. The van der Waals surface area contributed by atoms with Crippen LogP contribution in [0.3, 0.4) is 0 Å². The van der Waals surface area contributed by atoms with E-state index in [9.17, 15) is 13.7 Å². The lowest BCUT2D eigenvalue weighted by molar-refractivity contribution is 0.281. The van der Waals surface area contributed by atoms with Gasteiger partial charge in [-0.2, -0.15) is 0 Å². The van der Waals surface area contributed by atoms with Gasteiger partial charge in [-0.3, -0.25) is 13.7 Å². The van der Waals surface area contributed by atoms with E-state index in [4.69, 9.17) is 12.6 Å². The zero-order valence-corrected chi connectivity index (χ0v) is 19.5. The molecule has 0 aliphatic heterocycles. The highest BCUT2D eigenvalue weighted by Crippen LogP contribution is 2.59. The first kappa shape index (κ1) is 24.5. The van der Waals surface area contributed by atoms with Gasteiger partial charge >= 0.3 is 8.80 Å². The minimum atomic E-state index is -3.83. The zero-order valence-electron chi connectivity index (χ0n) is 15.8. The molecule has 0 atom stereocenters. The average Bonchev–Trinajstić information content (AvgIpc) is 2.61. The molecule has 0 fully saturated rings. The van der Waals surface area contributed by atoms with E-state index in [1.165, 1.54) is 5.70 Å². The van der Waals surface area contributed by atoms with Gasteiger partial charge in [-0.15, -0.1) is 0 Å². The molecule has 0 saturated heterocycles. The third-order valence-electron chi connectivity index (χ3n) is 4.02. The van der Waals surface area contributed by atoms with Crippen molar-refractivity contribution < 1.29 is 26.3 Å². The molecule has 0 radical (unpaired) electrons. The van der Waals surface area contributed by atoms with Gasteiger partial charge in [0.15, 0.2) is 22.1 Å². The van der Waals surface area contributed by atoms with E-state index in [2.05, 4.69) is 6.58 Å². The van der Waals surface area contributed by atoms with Crippen LogP contribution in [0.2, 0.25) is 0 Å². The van der Waals surface area contributed by atoms with Gasteiger partial charge in [0.2, 0.25) is 0 Å². The van der Waals surface area contributed by atoms with Gasteiger partial charge in [-0.05, 0) is 5.70 Å². The lowest BCUT2D eigenvalue weighted by atomic mass is 11.0. The van der Waals surface area contributed by atoms with E-state index in [0.29, 0.717) is 37.0 Å². The van der Waals surface area contributed by atoms with Crippen LogP contribution in [-0.4, -0.2) is 45.8 Å². The van der Waals surface area contributed by atoms with E-state index in [1.54, 1.807) is 41.5 Å². The van der Waals surface area contributed by atoms with Gasteiger partial charge in [-0.25, -0.2) is 0 Å². The summed E-state index contributed by atoms with van der Waals surface area (Å²) in [4.78, 5) is 0. The summed E-state index contributed by atoms with van der Waals surface area (Å²) >= 11 is 0. The molecule has 0 rings (SSSR count). The first-order valence-electron chi connectivity index (χ1n) is 8.54. The molecule has 0 aromatic carbocycles. The van der Waals surface area contributed by atoms with Gasteiger partial charge in [-0.1, -0.05) is 48.1 Å². The van der Waals surface area contributed by atoms with E-state index in [1.807, 2.05) is 0 Å². The minimum absolute atomic E-state index is 0.296. The summed E-state index contributed by atoms with van der Waals surface area (Å²) in [7, 11) is -12.9. The normalized spacial score (nSPS) is 13.9. The van der Waals surface area contributed by atoms with Crippen LogP contribution in [0.15, 0.2) is 12.3 Å².